The first kappa shape index (κ1) is 8.02. The van der Waals surface area contributed by atoms with E-state index in [9.17, 15) is 0 Å². The van der Waals surface area contributed by atoms with Crippen LogP contribution < -0.4 is 0 Å². The maximum Gasteiger partial charge on any atom is 0.153 e. The van der Waals surface area contributed by atoms with E-state index < -0.39 is 0 Å². The minimum atomic E-state index is 0.284. The molecule has 1 aliphatic carbocycles. The highest BCUT2D eigenvalue weighted by Gasteiger charge is 2.35. The van der Waals surface area contributed by atoms with Crippen molar-refractivity contribution in [2.24, 2.45) is 15.8 Å². The van der Waals surface area contributed by atoms with Crippen LogP contribution >= 0.6 is 0 Å². The highest BCUT2D eigenvalue weighted by Crippen LogP contribution is 2.37. The molecule has 3 nitrogen and oxygen atoms in total. The summed E-state index contributed by atoms with van der Waals surface area (Å²) >= 11 is 0. The second kappa shape index (κ2) is 2.71. The van der Waals surface area contributed by atoms with Crippen LogP contribution in [0.4, 0.5) is 0 Å². The Balaban J connectivity index is 2.03. The lowest BCUT2D eigenvalue weighted by Crippen LogP contribution is -2.19. The molecule has 0 saturated heterocycles. The lowest BCUT2D eigenvalue weighted by Gasteiger charge is -2.21. The van der Waals surface area contributed by atoms with Gasteiger partial charge in [0.1, 0.15) is 6.04 Å². The molecular formula is C9H16N2O. The van der Waals surface area contributed by atoms with E-state index in [1.807, 2.05) is 0 Å². The molecule has 1 aliphatic heterocycles. The zero-order chi connectivity index (χ0) is 8.60. The summed E-state index contributed by atoms with van der Waals surface area (Å²) in [5, 5.41) is 7.73. The van der Waals surface area contributed by atoms with Crippen LogP contribution in [0.25, 0.3) is 0 Å². The fourth-order valence-corrected chi connectivity index (χ4v) is 1.98. The highest BCUT2D eigenvalue weighted by atomic mass is 16.7. The number of nitrogens with zero attached hydrogens (tertiary/aromatic N) is 2. The van der Waals surface area contributed by atoms with E-state index in [4.69, 9.17) is 4.84 Å². The summed E-state index contributed by atoms with van der Waals surface area (Å²) in [6, 6.07) is 0.353. The van der Waals surface area contributed by atoms with Crippen LogP contribution in [0.15, 0.2) is 10.4 Å². The Kier molecular flexibility index (Phi) is 1.81. The minimum Gasteiger partial charge on any atom is -0.374 e. The van der Waals surface area contributed by atoms with E-state index in [1.54, 1.807) is 0 Å². The molecule has 1 fully saturated rings. The van der Waals surface area contributed by atoms with Crippen LogP contribution in [0.2, 0.25) is 0 Å². The van der Waals surface area contributed by atoms with Gasteiger partial charge in [-0.3, -0.25) is 0 Å². The Bertz CT molecular complexity index is 201. The third-order valence-electron chi connectivity index (χ3n) is 3.03. The van der Waals surface area contributed by atoms with E-state index in [1.165, 1.54) is 12.8 Å². The van der Waals surface area contributed by atoms with Crippen LogP contribution in [0, 0.1) is 5.41 Å². The van der Waals surface area contributed by atoms with Gasteiger partial charge >= 0.3 is 0 Å². The lowest BCUT2D eigenvalue weighted by atomic mass is 9.85. The molecule has 2 atom stereocenters. The van der Waals surface area contributed by atoms with Gasteiger partial charge in [-0.25, -0.2) is 0 Å². The first-order valence-corrected chi connectivity index (χ1v) is 4.73. The van der Waals surface area contributed by atoms with E-state index in [0.29, 0.717) is 11.5 Å². The molecule has 2 aliphatic rings. The summed E-state index contributed by atoms with van der Waals surface area (Å²) in [7, 11) is 0. The smallest absolute Gasteiger partial charge is 0.153 e. The van der Waals surface area contributed by atoms with Gasteiger partial charge in [0.15, 0.2) is 6.10 Å². The lowest BCUT2D eigenvalue weighted by molar-refractivity contribution is 0.0682. The second-order valence-corrected chi connectivity index (χ2v) is 4.65. The normalized spacial score (nSPS) is 38.5. The number of hydrogen-bond acceptors (Lipinski definition) is 3. The first-order valence-electron chi connectivity index (χ1n) is 4.73. The molecule has 68 valence electrons. The van der Waals surface area contributed by atoms with Crippen molar-refractivity contribution in [3.8, 4) is 0 Å². The Morgan fingerprint density at radius 1 is 1.25 bits per heavy atom. The average Bonchev–Trinajstić information content (AvgIpc) is 2.40. The zero-order valence-electron chi connectivity index (χ0n) is 7.79. The van der Waals surface area contributed by atoms with Crippen molar-refractivity contribution in [3.63, 3.8) is 0 Å². The predicted molar refractivity (Wildman–Crippen MR) is 45.8 cm³/mol. The molecule has 0 aromatic heterocycles. The van der Waals surface area contributed by atoms with Gasteiger partial charge < -0.3 is 4.84 Å². The molecule has 2 unspecified atom stereocenters. The molecule has 0 amide bonds. The SMILES string of the molecule is CC1(C)CCC2N=NOC2CC1. The van der Waals surface area contributed by atoms with E-state index in [0.717, 1.165) is 12.8 Å². The van der Waals surface area contributed by atoms with Gasteiger partial charge in [0.05, 0.1) is 0 Å². The van der Waals surface area contributed by atoms with Gasteiger partial charge in [-0.15, -0.1) is 5.11 Å². The van der Waals surface area contributed by atoms with Crippen molar-refractivity contribution in [1.29, 1.82) is 0 Å². The molecule has 0 bridgehead atoms. The molecule has 1 heterocycles. The topological polar surface area (TPSA) is 34.0 Å². The standard InChI is InChI=1S/C9H16N2O/c1-9(2)5-3-7-8(4-6-9)12-11-10-7/h7-8H,3-6H2,1-2H3. The van der Waals surface area contributed by atoms with Crippen molar-refractivity contribution in [2.45, 2.75) is 51.7 Å². The summed E-state index contributed by atoms with van der Waals surface area (Å²) in [4.78, 5) is 5.19. The molecule has 0 N–H and O–H groups in total. The molecule has 2 rings (SSSR count). The molecule has 0 aromatic carbocycles. The van der Waals surface area contributed by atoms with Crippen molar-refractivity contribution in [2.75, 3.05) is 0 Å². The Hall–Kier alpha value is -0.600. The van der Waals surface area contributed by atoms with E-state index in [2.05, 4.69) is 24.2 Å². The average molecular weight is 168 g/mol. The fourth-order valence-electron chi connectivity index (χ4n) is 1.98. The quantitative estimate of drug-likeness (QED) is 0.547. The van der Waals surface area contributed by atoms with Gasteiger partial charge in [0, 0.05) is 5.28 Å². The molecule has 1 saturated carbocycles. The van der Waals surface area contributed by atoms with E-state index >= 15 is 0 Å². The predicted octanol–water partition coefficient (Wildman–Crippen LogP) is 2.72. The molecule has 0 spiro atoms. The summed E-state index contributed by atoms with van der Waals surface area (Å²) in [5.74, 6) is 0. The van der Waals surface area contributed by atoms with E-state index in [-0.39, 0.29) is 6.10 Å². The number of rotatable bonds is 0. The van der Waals surface area contributed by atoms with Crippen molar-refractivity contribution < 1.29 is 4.84 Å². The van der Waals surface area contributed by atoms with Crippen molar-refractivity contribution in [1.82, 2.24) is 0 Å². The van der Waals surface area contributed by atoms with Gasteiger partial charge in [-0.05, 0) is 31.1 Å². The highest BCUT2D eigenvalue weighted by molar-refractivity contribution is 4.86. The maximum atomic E-state index is 5.19. The molecule has 3 heteroatoms. The Morgan fingerprint density at radius 3 is 2.83 bits per heavy atom. The molecule has 0 aromatic rings. The third kappa shape index (κ3) is 1.45. The van der Waals surface area contributed by atoms with Gasteiger partial charge in [-0.2, -0.15) is 0 Å². The van der Waals surface area contributed by atoms with Crippen LogP contribution in [0.3, 0.4) is 0 Å². The van der Waals surface area contributed by atoms with Crippen LogP contribution in [-0.4, -0.2) is 12.1 Å². The van der Waals surface area contributed by atoms with Gasteiger partial charge in [0.25, 0.3) is 0 Å². The molecular weight excluding hydrogens is 152 g/mol. The Morgan fingerprint density at radius 2 is 2.00 bits per heavy atom. The minimum absolute atomic E-state index is 0.284. The molecule has 12 heavy (non-hydrogen) atoms. The number of hydrogen-bond donors (Lipinski definition) is 0. The van der Waals surface area contributed by atoms with Gasteiger partial charge in [0.2, 0.25) is 0 Å². The Labute approximate surface area is 73.2 Å². The first-order chi connectivity index (χ1) is 5.67. The monoisotopic (exact) mass is 168 g/mol. The summed E-state index contributed by atoms with van der Waals surface area (Å²) < 4.78 is 0. The maximum absolute atomic E-state index is 5.19. The van der Waals surface area contributed by atoms with Crippen molar-refractivity contribution in [3.05, 3.63) is 0 Å². The summed E-state index contributed by atoms with van der Waals surface area (Å²) in [5.41, 5.74) is 0.475. The van der Waals surface area contributed by atoms with Crippen LogP contribution in [-0.2, 0) is 4.84 Å². The largest absolute Gasteiger partial charge is 0.374 e. The van der Waals surface area contributed by atoms with Gasteiger partial charge in [-0.1, -0.05) is 13.8 Å². The third-order valence-corrected chi connectivity index (χ3v) is 3.03. The summed E-state index contributed by atoms with van der Waals surface area (Å²) in [6.45, 7) is 4.65. The second-order valence-electron chi connectivity index (χ2n) is 4.65. The van der Waals surface area contributed by atoms with Crippen LogP contribution in [0.1, 0.15) is 39.5 Å². The summed E-state index contributed by atoms with van der Waals surface area (Å²) in [6.07, 6.45) is 5.02. The number of fused-ring (bicyclic) bond motifs is 1. The zero-order valence-corrected chi connectivity index (χ0v) is 7.79. The fraction of sp³-hybridized carbons (Fsp3) is 1.00. The van der Waals surface area contributed by atoms with Crippen LogP contribution in [0.5, 0.6) is 0 Å². The molecule has 0 radical (unpaired) electrons. The van der Waals surface area contributed by atoms with Crippen molar-refractivity contribution >= 4 is 0 Å².